The summed E-state index contributed by atoms with van der Waals surface area (Å²) in [7, 11) is 0. The molecule has 13 heavy (non-hydrogen) atoms. The van der Waals surface area contributed by atoms with E-state index in [0.29, 0.717) is 11.3 Å². The molecule has 66 valence electrons. The summed E-state index contributed by atoms with van der Waals surface area (Å²) in [6, 6.07) is 2.00. The number of nitrogens with zero attached hydrogens (tertiary/aromatic N) is 2. The molecule has 1 fully saturated rings. The highest BCUT2D eigenvalue weighted by Crippen LogP contribution is 2.58. The Morgan fingerprint density at radius 1 is 1.69 bits per heavy atom. The Kier molecular flexibility index (Phi) is 1.90. The van der Waals surface area contributed by atoms with Gasteiger partial charge in [-0.2, -0.15) is 17.9 Å². The van der Waals surface area contributed by atoms with Crippen molar-refractivity contribution in [3.8, 4) is 6.07 Å². The summed E-state index contributed by atoms with van der Waals surface area (Å²) in [5.41, 5.74) is 7.60. The minimum Gasteiger partial charge on any atom is -0.397 e. The second kappa shape index (κ2) is 2.82. The molecule has 5 heteroatoms. The summed E-state index contributed by atoms with van der Waals surface area (Å²) in [5, 5.41) is 8.73. The van der Waals surface area contributed by atoms with E-state index >= 15 is 0 Å². The van der Waals surface area contributed by atoms with Gasteiger partial charge in [0.05, 0.1) is 15.3 Å². The topological polar surface area (TPSA) is 62.7 Å². The maximum absolute atomic E-state index is 8.73. The summed E-state index contributed by atoms with van der Waals surface area (Å²) in [5.74, 6) is 0.927. The first-order chi connectivity index (χ1) is 6.17. The second-order valence-electron chi connectivity index (χ2n) is 2.83. The van der Waals surface area contributed by atoms with Crippen LogP contribution in [0, 0.1) is 11.3 Å². The van der Waals surface area contributed by atoms with Gasteiger partial charge < -0.3 is 5.73 Å². The van der Waals surface area contributed by atoms with Gasteiger partial charge in [-0.05, 0) is 0 Å². The molecule has 1 aromatic heterocycles. The molecule has 1 saturated heterocycles. The van der Waals surface area contributed by atoms with E-state index in [9.17, 15) is 0 Å². The van der Waals surface area contributed by atoms with E-state index in [-0.39, 0.29) is 4.08 Å². The normalized spacial score (nSPS) is 25.2. The first-order valence-corrected chi connectivity index (χ1v) is 5.11. The number of pyridine rings is 1. The third-order valence-corrected chi connectivity index (χ3v) is 4.02. The molecule has 0 aromatic carbocycles. The van der Waals surface area contributed by atoms with Gasteiger partial charge in [0.15, 0.2) is 0 Å². The number of nitriles is 1. The third kappa shape index (κ3) is 1.36. The number of rotatable bonds is 1. The second-order valence-corrected chi connectivity index (χ2v) is 5.17. The molecular formula is C8H7N3S2. The van der Waals surface area contributed by atoms with E-state index in [1.807, 2.05) is 6.07 Å². The fraction of sp³-hybridized carbons (Fsp3) is 0.250. The fourth-order valence-corrected chi connectivity index (χ4v) is 2.08. The molecule has 0 amide bonds. The Hall–Kier alpha value is -0.860. The molecule has 3 nitrogen and oxygen atoms in total. The van der Waals surface area contributed by atoms with E-state index < -0.39 is 0 Å². The molecule has 2 heterocycles. The third-order valence-electron chi connectivity index (χ3n) is 1.95. The Morgan fingerprint density at radius 2 is 2.38 bits per heavy atom. The average molecular weight is 209 g/mol. The lowest BCUT2D eigenvalue weighted by atomic mass is 10.1. The van der Waals surface area contributed by atoms with Crippen molar-refractivity contribution in [2.24, 2.45) is 0 Å². The van der Waals surface area contributed by atoms with Gasteiger partial charge in [0.2, 0.25) is 0 Å². The molecule has 2 rings (SSSR count). The van der Waals surface area contributed by atoms with Crippen LogP contribution in [0.1, 0.15) is 11.1 Å². The molecule has 0 spiro atoms. The molecular weight excluding hydrogens is 202 g/mol. The van der Waals surface area contributed by atoms with E-state index in [0.717, 1.165) is 11.3 Å². The number of nitrogen functional groups attached to an aromatic ring is 1. The van der Waals surface area contributed by atoms with Crippen molar-refractivity contribution >= 4 is 30.1 Å². The van der Waals surface area contributed by atoms with Gasteiger partial charge in [0.1, 0.15) is 6.07 Å². The predicted octanol–water partition coefficient (Wildman–Crippen LogP) is 1.36. The fourth-order valence-electron chi connectivity index (χ4n) is 1.09. The van der Waals surface area contributed by atoms with Gasteiger partial charge >= 0.3 is 0 Å². The Bertz CT molecular complexity index is 393. The van der Waals surface area contributed by atoms with Gasteiger partial charge in [-0.25, -0.2) is 0 Å². The highest BCUT2D eigenvalue weighted by atomic mass is 32.2. The Balaban J connectivity index is 2.54. The van der Waals surface area contributed by atoms with Crippen molar-refractivity contribution in [2.75, 3.05) is 11.5 Å². The van der Waals surface area contributed by atoms with Gasteiger partial charge in [0.25, 0.3) is 0 Å². The zero-order valence-corrected chi connectivity index (χ0v) is 8.40. The van der Waals surface area contributed by atoms with Gasteiger partial charge in [-0.15, -0.1) is 11.8 Å². The minimum absolute atomic E-state index is 0.204. The SMILES string of the molecule is N#Cc1cncc(C2(S)CS2)c1N. The Labute approximate surface area is 85.8 Å². The maximum atomic E-state index is 8.73. The lowest BCUT2D eigenvalue weighted by Crippen LogP contribution is -2.05. The van der Waals surface area contributed by atoms with E-state index in [1.165, 1.54) is 6.20 Å². The smallest absolute Gasteiger partial charge is 0.103 e. The van der Waals surface area contributed by atoms with E-state index in [2.05, 4.69) is 17.6 Å². The maximum Gasteiger partial charge on any atom is 0.103 e. The van der Waals surface area contributed by atoms with Crippen molar-refractivity contribution < 1.29 is 0 Å². The molecule has 1 aromatic rings. The number of anilines is 1. The molecule has 0 radical (unpaired) electrons. The predicted molar refractivity (Wildman–Crippen MR) is 56.5 cm³/mol. The highest BCUT2D eigenvalue weighted by Gasteiger charge is 2.44. The molecule has 2 N–H and O–H groups in total. The van der Waals surface area contributed by atoms with Gasteiger partial charge in [-0.1, -0.05) is 0 Å². The van der Waals surface area contributed by atoms with Gasteiger partial charge in [0, 0.05) is 23.7 Å². The van der Waals surface area contributed by atoms with Crippen LogP contribution < -0.4 is 5.73 Å². The zero-order valence-electron chi connectivity index (χ0n) is 6.69. The summed E-state index contributed by atoms with van der Waals surface area (Å²) in [6.45, 7) is 0. The van der Waals surface area contributed by atoms with Crippen LogP contribution in [0.5, 0.6) is 0 Å². The summed E-state index contributed by atoms with van der Waals surface area (Å²) in [6.07, 6.45) is 3.16. The monoisotopic (exact) mass is 209 g/mol. The molecule has 1 atom stereocenters. The zero-order chi connectivity index (χ0) is 9.47. The van der Waals surface area contributed by atoms with Crippen molar-refractivity contribution in [3.05, 3.63) is 23.5 Å². The highest BCUT2D eigenvalue weighted by molar-refractivity contribution is 8.18. The van der Waals surface area contributed by atoms with Crippen LogP contribution in [-0.4, -0.2) is 10.7 Å². The minimum atomic E-state index is -0.204. The molecule has 1 unspecified atom stereocenters. The number of hydrogen-bond donors (Lipinski definition) is 2. The first-order valence-electron chi connectivity index (χ1n) is 3.68. The molecule has 0 bridgehead atoms. The summed E-state index contributed by atoms with van der Waals surface area (Å²) < 4.78 is -0.204. The number of thiol groups is 1. The molecule has 1 aliphatic rings. The van der Waals surface area contributed by atoms with Crippen molar-refractivity contribution in [2.45, 2.75) is 4.08 Å². The van der Waals surface area contributed by atoms with Crippen molar-refractivity contribution in [3.63, 3.8) is 0 Å². The lowest BCUT2D eigenvalue weighted by Gasteiger charge is -2.09. The Morgan fingerprint density at radius 3 is 2.92 bits per heavy atom. The molecule has 1 aliphatic heterocycles. The van der Waals surface area contributed by atoms with E-state index in [4.69, 9.17) is 11.0 Å². The van der Waals surface area contributed by atoms with Crippen LogP contribution in [0.4, 0.5) is 5.69 Å². The average Bonchev–Trinajstić information content (AvgIpc) is 2.85. The van der Waals surface area contributed by atoms with Crippen molar-refractivity contribution in [1.82, 2.24) is 4.98 Å². The first kappa shape index (κ1) is 8.73. The number of aromatic nitrogens is 1. The van der Waals surface area contributed by atoms with Crippen molar-refractivity contribution in [1.29, 1.82) is 5.26 Å². The summed E-state index contributed by atoms with van der Waals surface area (Å²) >= 11 is 6.14. The van der Waals surface area contributed by atoms with E-state index in [1.54, 1.807) is 18.0 Å². The van der Waals surface area contributed by atoms with Crippen LogP contribution in [0.15, 0.2) is 12.4 Å². The number of hydrogen-bond acceptors (Lipinski definition) is 5. The number of thioether (sulfide) groups is 1. The summed E-state index contributed by atoms with van der Waals surface area (Å²) in [4.78, 5) is 3.96. The van der Waals surface area contributed by atoms with Gasteiger partial charge in [-0.3, -0.25) is 4.98 Å². The molecule has 0 aliphatic carbocycles. The van der Waals surface area contributed by atoms with Crippen LogP contribution in [0.25, 0.3) is 0 Å². The standard InChI is InChI=1S/C8H7N3S2/c9-1-5-2-11-3-6(7(5)10)8(12)4-13-8/h2-3,12H,4H2,(H2,10,11). The van der Waals surface area contributed by atoms with Crippen LogP contribution >= 0.6 is 24.4 Å². The van der Waals surface area contributed by atoms with Crippen LogP contribution in [0.3, 0.4) is 0 Å². The van der Waals surface area contributed by atoms with Crippen LogP contribution in [0.2, 0.25) is 0 Å². The quantitative estimate of drug-likeness (QED) is 0.541. The largest absolute Gasteiger partial charge is 0.397 e. The lowest BCUT2D eigenvalue weighted by molar-refractivity contribution is 1.11. The number of nitrogens with two attached hydrogens (primary N) is 1. The molecule has 0 saturated carbocycles. The van der Waals surface area contributed by atoms with Crippen LogP contribution in [-0.2, 0) is 4.08 Å².